The van der Waals surface area contributed by atoms with E-state index in [1.807, 2.05) is 29.6 Å². The smallest absolute Gasteiger partial charge is 0.265 e. The van der Waals surface area contributed by atoms with E-state index in [0.29, 0.717) is 4.88 Å². The standard InChI is InChI=1S/C16H16N2O2S/c1-2-4-11-12-9-10(6-7-13(12)18-15(11)19)17-16(20)14-5-3-8-21-14/h3,5-9,11H,2,4H2,1H3,(H,17,20)(H,18,19). The van der Waals surface area contributed by atoms with Gasteiger partial charge in [-0.2, -0.15) is 0 Å². The molecule has 4 nitrogen and oxygen atoms in total. The minimum Gasteiger partial charge on any atom is -0.325 e. The highest BCUT2D eigenvalue weighted by molar-refractivity contribution is 7.12. The first kappa shape index (κ1) is 13.8. The van der Waals surface area contributed by atoms with Gasteiger partial charge in [0, 0.05) is 11.4 Å². The fraction of sp³-hybridized carbons (Fsp3) is 0.250. The van der Waals surface area contributed by atoms with Crippen molar-refractivity contribution in [3.8, 4) is 0 Å². The van der Waals surface area contributed by atoms with E-state index in [4.69, 9.17) is 0 Å². The van der Waals surface area contributed by atoms with Gasteiger partial charge in [0.15, 0.2) is 0 Å². The van der Waals surface area contributed by atoms with Crippen LogP contribution in [0.3, 0.4) is 0 Å². The summed E-state index contributed by atoms with van der Waals surface area (Å²) in [5, 5.41) is 7.65. The Balaban J connectivity index is 1.83. The maximum Gasteiger partial charge on any atom is 0.265 e. The summed E-state index contributed by atoms with van der Waals surface area (Å²) in [5.74, 6) is -0.175. The summed E-state index contributed by atoms with van der Waals surface area (Å²) in [5.41, 5.74) is 2.56. The SMILES string of the molecule is CCCC1C(=O)Nc2ccc(NC(=O)c3cccs3)cc21. The molecule has 0 fully saturated rings. The molecule has 2 heterocycles. The first-order valence-corrected chi connectivity index (χ1v) is 7.86. The van der Waals surface area contributed by atoms with Gasteiger partial charge in [-0.3, -0.25) is 9.59 Å². The molecule has 0 saturated carbocycles. The lowest BCUT2D eigenvalue weighted by Gasteiger charge is -2.09. The number of carbonyl (C=O) groups excluding carboxylic acids is 2. The molecular weight excluding hydrogens is 284 g/mol. The molecular formula is C16H16N2O2S. The summed E-state index contributed by atoms with van der Waals surface area (Å²) in [6.07, 6.45) is 1.77. The van der Waals surface area contributed by atoms with Gasteiger partial charge in [0.2, 0.25) is 5.91 Å². The lowest BCUT2D eigenvalue weighted by Crippen LogP contribution is -2.12. The van der Waals surface area contributed by atoms with E-state index in [-0.39, 0.29) is 17.7 Å². The normalized spacial score (nSPS) is 16.4. The second-order valence-electron chi connectivity index (χ2n) is 5.06. The molecule has 2 aromatic rings. The van der Waals surface area contributed by atoms with Crippen molar-refractivity contribution in [2.75, 3.05) is 10.6 Å². The van der Waals surface area contributed by atoms with E-state index in [0.717, 1.165) is 29.8 Å². The third-order valence-corrected chi connectivity index (χ3v) is 4.45. The Kier molecular flexibility index (Phi) is 3.75. The third-order valence-electron chi connectivity index (χ3n) is 3.58. The molecule has 0 radical (unpaired) electrons. The topological polar surface area (TPSA) is 58.2 Å². The van der Waals surface area contributed by atoms with Gasteiger partial charge in [-0.25, -0.2) is 0 Å². The van der Waals surface area contributed by atoms with Crippen molar-refractivity contribution in [1.29, 1.82) is 0 Å². The average molecular weight is 300 g/mol. The molecule has 1 unspecified atom stereocenters. The molecule has 1 aliphatic heterocycles. The second kappa shape index (κ2) is 5.69. The number of thiophene rings is 1. The van der Waals surface area contributed by atoms with Crippen LogP contribution in [0.15, 0.2) is 35.7 Å². The molecule has 0 spiro atoms. The van der Waals surface area contributed by atoms with Crippen molar-refractivity contribution in [3.05, 3.63) is 46.2 Å². The van der Waals surface area contributed by atoms with Crippen molar-refractivity contribution in [2.45, 2.75) is 25.7 Å². The van der Waals surface area contributed by atoms with Crippen molar-refractivity contribution in [2.24, 2.45) is 0 Å². The summed E-state index contributed by atoms with van der Waals surface area (Å²) in [6, 6.07) is 9.21. The van der Waals surface area contributed by atoms with Crippen molar-refractivity contribution < 1.29 is 9.59 Å². The number of carbonyl (C=O) groups is 2. The predicted molar refractivity (Wildman–Crippen MR) is 85.0 cm³/mol. The zero-order valence-electron chi connectivity index (χ0n) is 11.7. The molecule has 21 heavy (non-hydrogen) atoms. The second-order valence-corrected chi connectivity index (χ2v) is 6.01. The molecule has 0 aliphatic carbocycles. The Hall–Kier alpha value is -2.14. The highest BCUT2D eigenvalue weighted by atomic mass is 32.1. The minimum absolute atomic E-state index is 0.0496. The van der Waals surface area contributed by atoms with Crippen molar-refractivity contribution >= 4 is 34.5 Å². The van der Waals surface area contributed by atoms with Crippen LogP contribution in [0.25, 0.3) is 0 Å². The highest BCUT2D eigenvalue weighted by Crippen LogP contribution is 2.37. The van der Waals surface area contributed by atoms with Crippen LogP contribution in [0.1, 0.15) is 40.9 Å². The first-order chi connectivity index (χ1) is 10.2. The summed E-state index contributed by atoms with van der Waals surface area (Å²) < 4.78 is 0. The van der Waals surface area contributed by atoms with Crippen LogP contribution in [-0.2, 0) is 4.79 Å². The highest BCUT2D eigenvalue weighted by Gasteiger charge is 2.29. The molecule has 3 rings (SSSR count). The summed E-state index contributed by atoms with van der Waals surface area (Å²) in [4.78, 5) is 24.7. The molecule has 0 bridgehead atoms. The van der Waals surface area contributed by atoms with E-state index < -0.39 is 0 Å². The Morgan fingerprint density at radius 1 is 1.38 bits per heavy atom. The molecule has 0 saturated heterocycles. The maximum atomic E-state index is 12.1. The number of hydrogen-bond acceptors (Lipinski definition) is 3. The van der Waals surface area contributed by atoms with E-state index >= 15 is 0 Å². The molecule has 2 amide bonds. The number of amides is 2. The van der Waals surface area contributed by atoms with Crippen LogP contribution in [0.2, 0.25) is 0 Å². The summed E-state index contributed by atoms with van der Waals surface area (Å²) in [7, 11) is 0. The van der Waals surface area contributed by atoms with Gasteiger partial charge in [0.05, 0.1) is 10.8 Å². The average Bonchev–Trinajstić information content (AvgIpc) is 3.09. The van der Waals surface area contributed by atoms with Gasteiger partial charge < -0.3 is 10.6 Å². The molecule has 1 aromatic carbocycles. The number of nitrogens with one attached hydrogen (secondary N) is 2. The van der Waals surface area contributed by atoms with Crippen molar-refractivity contribution in [1.82, 2.24) is 0 Å². The predicted octanol–water partition coefficient (Wildman–Crippen LogP) is 3.84. The molecule has 2 N–H and O–H groups in total. The molecule has 5 heteroatoms. The maximum absolute atomic E-state index is 12.1. The Morgan fingerprint density at radius 3 is 2.95 bits per heavy atom. The van der Waals surface area contributed by atoms with Gasteiger partial charge >= 0.3 is 0 Å². The first-order valence-electron chi connectivity index (χ1n) is 6.98. The summed E-state index contributed by atoms with van der Waals surface area (Å²) in [6.45, 7) is 2.06. The monoisotopic (exact) mass is 300 g/mol. The van der Waals surface area contributed by atoms with Gasteiger partial charge in [0.25, 0.3) is 5.91 Å². The van der Waals surface area contributed by atoms with Gasteiger partial charge in [0.1, 0.15) is 0 Å². The number of fused-ring (bicyclic) bond motifs is 1. The largest absolute Gasteiger partial charge is 0.325 e. The Morgan fingerprint density at radius 2 is 2.24 bits per heavy atom. The molecule has 1 aromatic heterocycles. The van der Waals surface area contributed by atoms with E-state index in [1.165, 1.54) is 11.3 Å². The van der Waals surface area contributed by atoms with Crippen LogP contribution in [0.5, 0.6) is 0 Å². The van der Waals surface area contributed by atoms with Crippen LogP contribution in [0.4, 0.5) is 11.4 Å². The van der Waals surface area contributed by atoms with E-state index in [2.05, 4.69) is 17.6 Å². The molecule has 108 valence electrons. The number of hydrogen-bond donors (Lipinski definition) is 2. The van der Waals surface area contributed by atoms with E-state index in [1.54, 1.807) is 6.07 Å². The number of rotatable bonds is 4. The Bertz CT molecular complexity index is 680. The van der Waals surface area contributed by atoms with Gasteiger partial charge in [-0.15, -0.1) is 11.3 Å². The van der Waals surface area contributed by atoms with Crippen LogP contribution < -0.4 is 10.6 Å². The van der Waals surface area contributed by atoms with Crippen LogP contribution in [0, 0.1) is 0 Å². The molecule has 1 atom stereocenters. The third kappa shape index (κ3) is 2.69. The summed E-state index contributed by atoms with van der Waals surface area (Å²) >= 11 is 1.41. The van der Waals surface area contributed by atoms with Gasteiger partial charge in [-0.1, -0.05) is 19.4 Å². The zero-order chi connectivity index (χ0) is 14.8. The van der Waals surface area contributed by atoms with E-state index in [9.17, 15) is 9.59 Å². The van der Waals surface area contributed by atoms with Crippen LogP contribution in [-0.4, -0.2) is 11.8 Å². The molecule has 1 aliphatic rings. The lowest BCUT2D eigenvalue weighted by molar-refractivity contribution is -0.117. The Labute approximate surface area is 127 Å². The minimum atomic E-state index is -0.116. The fourth-order valence-electron chi connectivity index (χ4n) is 2.58. The number of benzene rings is 1. The number of anilines is 2. The zero-order valence-corrected chi connectivity index (χ0v) is 12.5. The van der Waals surface area contributed by atoms with Crippen molar-refractivity contribution in [3.63, 3.8) is 0 Å². The quantitative estimate of drug-likeness (QED) is 0.901. The van der Waals surface area contributed by atoms with Crippen LogP contribution >= 0.6 is 11.3 Å². The lowest BCUT2D eigenvalue weighted by atomic mass is 9.95. The van der Waals surface area contributed by atoms with Gasteiger partial charge in [-0.05, 0) is 41.6 Å². The fourth-order valence-corrected chi connectivity index (χ4v) is 3.20.